The molecule has 1 aromatic carbocycles. The minimum absolute atomic E-state index is 0. The summed E-state index contributed by atoms with van der Waals surface area (Å²) in [7, 11) is 0. The molecular formula is C11H13BrClF3N2O. The van der Waals surface area contributed by atoms with Gasteiger partial charge in [0, 0.05) is 0 Å². The summed E-state index contributed by atoms with van der Waals surface area (Å²) in [5, 5.41) is 2.08. The zero-order valence-electron chi connectivity index (χ0n) is 9.76. The molecule has 0 bridgehead atoms. The summed E-state index contributed by atoms with van der Waals surface area (Å²) in [5.74, 6) is -4.13. The number of amides is 1. The Morgan fingerprint density at radius 3 is 2.58 bits per heavy atom. The van der Waals surface area contributed by atoms with E-state index in [4.69, 9.17) is 5.73 Å². The van der Waals surface area contributed by atoms with Crippen molar-refractivity contribution in [2.75, 3.05) is 13.1 Å². The Balaban J connectivity index is 0.00000324. The lowest BCUT2D eigenvalue weighted by atomic mass is 10.1. The Bertz CT molecular complexity index is 446. The maximum absolute atomic E-state index is 12.9. The molecule has 0 spiro atoms. The number of nitrogens with one attached hydrogen (secondary N) is 1. The number of carbonyl (C=O) groups is 1. The molecule has 0 radical (unpaired) electrons. The summed E-state index contributed by atoms with van der Waals surface area (Å²) < 4.78 is 38.7. The van der Waals surface area contributed by atoms with E-state index in [1.165, 1.54) is 18.2 Å². The van der Waals surface area contributed by atoms with Crippen LogP contribution in [0.5, 0.6) is 0 Å². The lowest BCUT2D eigenvalue weighted by molar-refractivity contribution is -0.122. The summed E-state index contributed by atoms with van der Waals surface area (Å²) in [6.45, 7) is -1.62. The Kier molecular flexibility index (Phi) is 7.39. The van der Waals surface area contributed by atoms with Crippen molar-refractivity contribution in [3.8, 4) is 0 Å². The third kappa shape index (κ3) is 6.26. The van der Waals surface area contributed by atoms with Crippen molar-refractivity contribution >= 4 is 34.2 Å². The number of rotatable bonds is 5. The molecule has 0 saturated carbocycles. The van der Waals surface area contributed by atoms with Gasteiger partial charge in [-0.25, -0.2) is 13.2 Å². The number of carbonyl (C=O) groups excluding carboxylic acids is 1. The first-order valence-corrected chi connectivity index (χ1v) is 5.92. The number of hydrogen-bond donors (Lipinski definition) is 2. The second-order valence-electron chi connectivity index (χ2n) is 3.76. The SMILES string of the molecule is Cl.NCC(F)(F)CNC(=O)Cc1ccc(F)c(Br)c1. The van der Waals surface area contributed by atoms with Crippen LogP contribution in [0, 0.1) is 5.82 Å². The van der Waals surface area contributed by atoms with Crippen LogP contribution in [0.1, 0.15) is 5.56 Å². The Morgan fingerprint density at radius 2 is 2.05 bits per heavy atom. The van der Waals surface area contributed by atoms with Gasteiger partial charge in [-0.1, -0.05) is 6.07 Å². The topological polar surface area (TPSA) is 55.1 Å². The van der Waals surface area contributed by atoms with Crippen LogP contribution in [-0.4, -0.2) is 24.9 Å². The number of benzene rings is 1. The Labute approximate surface area is 123 Å². The van der Waals surface area contributed by atoms with E-state index in [-0.39, 0.29) is 23.3 Å². The van der Waals surface area contributed by atoms with Gasteiger partial charge in [-0.2, -0.15) is 0 Å². The average Bonchev–Trinajstić information content (AvgIpc) is 2.32. The molecule has 1 amide bonds. The highest BCUT2D eigenvalue weighted by atomic mass is 79.9. The van der Waals surface area contributed by atoms with Crippen LogP contribution in [0.3, 0.4) is 0 Å². The van der Waals surface area contributed by atoms with Crippen molar-refractivity contribution in [2.24, 2.45) is 5.73 Å². The molecule has 0 saturated heterocycles. The van der Waals surface area contributed by atoms with Crippen molar-refractivity contribution in [2.45, 2.75) is 12.3 Å². The third-order valence-electron chi connectivity index (χ3n) is 2.19. The molecule has 0 aliphatic carbocycles. The van der Waals surface area contributed by atoms with Crippen LogP contribution >= 0.6 is 28.3 Å². The van der Waals surface area contributed by atoms with Crippen LogP contribution < -0.4 is 11.1 Å². The summed E-state index contributed by atoms with van der Waals surface area (Å²) >= 11 is 2.97. The summed E-state index contributed by atoms with van der Waals surface area (Å²) in [5.41, 5.74) is 5.36. The van der Waals surface area contributed by atoms with Crippen molar-refractivity contribution in [3.05, 3.63) is 34.1 Å². The predicted octanol–water partition coefficient (Wildman–Crippen LogP) is 2.26. The third-order valence-corrected chi connectivity index (χ3v) is 2.80. The lowest BCUT2D eigenvalue weighted by Gasteiger charge is -2.14. The lowest BCUT2D eigenvalue weighted by Crippen LogP contribution is -2.42. The fourth-order valence-corrected chi connectivity index (χ4v) is 1.62. The molecule has 1 aromatic rings. The molecule has 3 nitrogen and oxygen atoms in total. The van der Waals surface area contributed by atoms with Gasteiger partial charge in [0.25, 0.3) is 5.92 Å². The molecule has 1 rings (SSSR count). The monoisotopic (exact) mass is 360 g/mol. The maximum Gasteiger partial charge on any atom is 0.277 e. The average molecular weight is 362 g/mol. The van der Waals surface area contributed by atoms with E-state index in [0.717, 1.165) is 0 Å². The van der Waals surface area contributed by atoms with Gasteiger partial charge in [-0.05, 0) is 33.6 Å². The summed E-state index contributed by atoms with van der Waals surface area (Å²) in [6, 6.07) is 4.04. The van der Waals surface area contributed by atoms with E-state index >= 15 is 0 Å². The van der Waals surface area contributed by atoms with E-state index in [9.17, 15) is 18.0 Å². The van der Waals surface area contributed by atoms with E-state index in [2.05, 4.69) is 21.2 Å². The zero-order valence-corrected chi connectivity index (χ0v) is 12.2. The van der Waals surface area contributed by atoms with E-state index in [0.29, 0.717) is 5.56 Å². The molecule has 8 heteroatoms. The second kappa shape index (κ2) is 7.72. The molecule has 19 heavy (non-hydrogen) atoms. The molecule has 0 aromatic heterocycles. The van der Waals surface area contributed by atoms with Gasteiger partial charge in [-0.15, -0.1) is 12.4 Å². The quantitative estimate of drug-likeness (QED) is 0.845. The predicted molar refractivity (Wildman–Crippen MR) is 72.1 cm³/mol. The molecular weight excluding hydrogens is 348 g/mol. The largest absolute Gasteiger partial charge is 0.350 e. The number of nitrogens with two attached hydrogens (primary N) is 1. The first kappa shape index (κ1) is 18.2. The van der Waals surface area contributed by atoms with E-state index in [1.54, 1.807) is 0 Å². The highest BCUT2D eigenvalue weighted by Gasteiger charge is 2.27. The van der Waals surface area contributed by atoms with Gasteiger partial charge < -0.3 is 11.1 Å². The van der Waals surface area contributed by atoms with Crippen LogP contribution in [-0.2, 0) is 11.2 Å². The molecule has 0 fully saturated rings. The number of alkyl halides is 2. The second-order valence-corrected chi connectivity index (χ2v) is 4.62. The van der Waals surface area contributed by atoms with Gasteiger partial charge in [0.05, 0.1) is 24.0 Å². The summed E-state index contributed by atoms with van der Waals surface area (Å²) in [4.78, 5) is 11.4. The fraction of sp³-hybridized carbons (Fsp3) is 0.364. The van der Waals surface area contributed by atoms with Gasteiger partial charge in [0.2, 0.25) is 5.91 Å². The first-order chi connectivity index (χ1) is 8.34. The molecule has 0 atom stereocenters. The molecule has 108 valence electrons. The van der Waals surface area contributed by atoms with Crippen molar-refractivity contribution in [1.82, 2.24) is 5.32 Å². The van der Waals surface area contributed by atoms with Gasteiger partial charge in [0.15, 0.2) is 0 Å². The van der Waals surface area contributed by atoms with Gasteiger partial charge >= 0.3 is 0 Å². The number of hydrogen-bond acceptors (Lipinski definition) is 2. The minimum Gasteiger partial charge on any atom is -0.350 e. The highest BCUT2D eigenvalue weighted by molar-refractivity contribution is 9.10. The van der Waals surface area contributed by atoms with E-state index in [1.807, 2.05) is 0 Å². The Morgan fingerprint density at radius 1 is 1.42 bits per heavy atom. The normalized spacial score (nSPS) is 10.8. The van der Waals surface area contributed by atoms with E-state index < -0.39 is 30.7 Å². The summed E-state index contributed by atoms with van der Waals surface area (Å²) in [6.07, 6.45) is -0.0977. The van der Waals surface area contributed by atoms with Crippen molar-refractivity contribution in [3.63, 3.8) is 0 Å². The molecule has 0 unspecified atom stereocenters. The van der Waals surface area contributed by atoms with Crippen molar-refractivity contribution in [1.29, 1.82) is 0 Å². The standard InChI is InChI=1S/C11H12BrF3N2O.ClH/c12-8-3-7(1-2-9(8)13)4-10(18)17-6-11(14,15)5-16;/h1-3H,4-6,16H2,(H,17,18);1H. The van der Waals surface area contributed by atoms with Gasteiger partial charge in [0.1, 0.15) is 5.82 Å². The first-order valence-electron chi connectivity index (χ1n) is 5.12. The molecule has 0 heterocycles. The van der Waals surface area contributed by atoms with Gasteiger partial charge in [-0.3, -0.25) is 4.79 Å². The molecule has 3 N–H and O–H groups in total. The number of halogens is 5. The molecule has 0 aliphatic heterocycles. The minimum atomic E-state index is -3.11. The molecule has 0 aliphatic rings. The van der Waals surface area contributed by atoms with Crippen LogP contribution in [0.2, 0.25) is 0 Å². The van der Waals surface area contributed by atoms with Crippen LogP contribution in [0.4, 0.5) is 13.2 Å². The fourth-order valence-electron chi connectivity index (χ4n) is 1.20. The maximum atomic E-state index is 12.9. The van der Waals surface area contributed by atoms with Crippen molar-refractivity contribution < 1.29 is 18.0 Å². The highest BCUT2D eigenvalue weighted by Crippen LogP contribution is 2.17. The zero-order chi connectivity index (χ0) is 13.8. The Hall–Kier alpha value is -0.790. The smallest absolute Gasteiger partial charge is 0.277 e. The van der Waals surface area contributed by atoms with Crippen LogP contribution in [0.15, 0.2) is 22.7 Å². The van der Waals surface area contributed by atoms with Crippen LogP contribution in [0.25, 0.3) is 0 Å².